The van der Waals surface area contributed by atoms with Crippen LogP contribution in [-0.4, -0.2) is 36.6 Å². The van der Waals surface area contributed by atoms with E-state index >= 15 is 0 Å². The Morgan fingerprint density at radius 3 is 1.35 bits per heavy atom. The number of hydrogen-bond donors (Lipinski definition) is 0. The molecule has 1 saturated carbocycles. The summed E-state index contributed by atoms with van der Waals surface area (Å²) in [5, 5.41) is 0. The lowest BCUT2D eigenvalue weighted by atomic mass is 9.87. The molecule has 0 unspecified atom stereocenters. The Kier molecular flexibility index (Phi) is 17.3. The van der Waals surface area contributed by atoms with Gasteiger partial charge in [0.2, 0.25) is 0 Å². The highest BCUT2D eigenvalue weighted by atomic mass is 16.1. The third-order valence-corrected chi connectivity index (χ3v) is 4.47. The van der Waals surface area contributed by atoms with Crippen molar-refractivity contribution in [2.24, 2.45) is 11.8 Å². The van der Waals surface area contributed by atoms with Crippen LogP contribution in [0.2, 0.25) is 0 Å². The number of rotatable bonds is 2. The van der Waals surface area contributed by atoms with E-state index in [1.54, 1.807) is 13.8 Å². The zero-order chi connectivity index (χ0) is 18.3. The van der Waals surface area contributed by atoms with Crippen molar-refractivity contribution in [3.8, 4) is 0 Å². The molecule has 138 valence electrons. The van der Waals surface area contributed by atoms with Crippen LogP contribution in [0.15, 0.2) is 0 Å². The van der Waals surface area contributed by atoms with Crippen LogP contribution < -0.4 is 0 Å². The molecule has 1 aliphatic carbocycles. The summed E-state index contributed by atoms with van der Waals surface area (Å²) < 4.78 is 0. The second-order valence-corrected chi connectivity index (χ2v) is 6.13. The van der Waals surface area contributed by atoms with Crippen molar-refractivity contribution < 1.29 is 9.59 Å². The Morgan fingerprint density at radius 1 is 0.696 bits per heavy atom. The number of likely N-dealkylation sites (tertiary alicyclic amines) is 1. The minimum Gasteiger partial charge on any atom is -0.306 e. The van der Waals surface area contributed by atoms with Crippen LogP contribution in [0.5, 0.6) is 0 Å². The predicted molar refractivity (Wildman–Crippen MR) is 101 cm³/mol. The Labute approximate surface area is 145 Å². The number of ketones is 2. The van der Waals surface area contributed by atoms with Crippen molar-refractivity contribution in [3.63, 3.8) is 0 Å². The fourth-order valence-electron chi connectivity index (χ4n) is 2.92. The molecule has 2 rings (SSSR count). The highest BCUT2D eigenvalue weighted by Crippen LogP contribution is 2.23. The molecule has 0 amide bonds. The lowest BCUT2D eigenvalue weighted by molar-refractivity contribution is -0.122. The average molecular weight is 328 g/mol. The maximum absolute atomic E-state index is 10.9. The fourth-order valence-corrected chi connectivity index (χ4v) is 2.92. The van der Waals surface area contributed by atoms with Gasteiger partial charge in [0.05, 0.1) is 0 Å². The molecular formula is C20H41NO2. The monoisotopic (exact) mass is 327 g/mol. The zero-order valence-electron chi connectivity index (χ0n) is 16.8. The van der Waals surface area contributed by atoms with Gasteiger partial charge in [0.15, 0.2) is 0 Å². The van der Waals surface area contributed by atoms with Gasteiger partial charge in [0.25, 0.3) is 0 Å². The molecular weight excluding hydrogens is 286 g/mol. The molecule has 23 heavy (non-hydrogen) atoms. The van der Waals surface area contributed by atoms with Crippen LogP contribution in [0.1, 0.15) is 86.5 Å². The third-order valence-electron chi connectivity index (χ3n) is 4.47. The summed E-state index contributed by atoms with van der Waals surface area (Å²) in [5.74, 6) is 1.54. The van der Waals surface area contributed by atoms with E-state index in [-0.39, 0.29) is 0 Å². The fraction of sp³-hybridized carbons (Fsp3) is 0.900. The zero-order valence-corrected chi connectivity index (χ0v) is 16.8. The quantitative estimate of drug-likeness (QED) is 0.706. The van der Waals surface area contributed by atoms with E-state index in [4.69, 9.17) is 0 Å². The molecule has 0 radical (unpaired) electrons. The van der Waals surface area contributed by atoms with E-state index in [2.05, 4.69) is 11.9 Å². The van der Waals surface area contributed by atoms with Gasteiger partial charge in [0, 0.05) is 11.8 Å². The van der Waals surface area contributed by atoms with Crippen LogP contribution in [0.4, 0.5) is 0 Å². The molecule has 0 aromatic carbocycles. The summed E-state index contributed by atoms with van der Waals surface area (Å²) >= 11 is 0. The van der Waals surface area contributed by atoms with Gasteiger partial charge in [0.1, 0.15) is 11.6 Å². The van der Waals surface area contributed by atoms with E-state index in [9.17, 15) is 9.59 Å². The van der Waals surface area contributed by atoms with Crippen LogP contribution >= 0.6 is 0 Å². The lowest BCUT2D eigenvalue weighted by Crippen LogP contribution is -2.32. The second kappa shape index (κ2) is 16.2. The predicted octanol–water partition coefficient (Wildman–Crippen LogP) is 5.13. The second-order valence-electron chi connectivity index (χ2n) is 6.13. The van der Waals surface area contributed by atoms with Crippen molar-refractivity contribution >= 4 is 11.6 Å². The number of carbonyl (C=O) groups is 2. The molecule has 0 bridgehead atoms. The third kappa shape index (κ3) is 12.4. The summed E-state index contributed by atoms with van der Waals surface area (Å²) in [4.78, 5) is 24.0. The first-order chi connectivity index (χ1) is 11.0. The first kappa shape index (κ1) is 24.6. The molecule has 3 nitrogen and oxygen atoms in total. The minimum atomic E-state index is 0.358. The Balaban J connectivity index is 0. The first-order valence-electron chi connectivity index (χ1n) is 9.70. The van der Waals surface area contributed by atoms with Gasteiger partial charge in [-0.15, -0.1) is 0 Å². The topological polar surface area (TPSA) is 37.4 Å². The van der Waals surface area contributed by atoms with Crippen molar-refractivity contribution in [1.82, 2.24) is 4.90 Å². The van der Waals surface area contributed by atoms with Gasteiger partial charge in [-0.05, 0) is 59.7 Å². The van der Waals surface area contributed by atoms with Crippen molar-refractivity contribution in [3.05, 3.63) is 0 Å². The first-order valence-corrected chi connectivity index (χ1v) is 9.70. The standard InChI is InChI=1S/C8H15NO.C8H14O.2C2H6/c1-7(10)8-3-5-9(2)6-4-8;1-7(9)8-5-3-2-4-6-8;2*1-2/h8H,3-6H2,1-2H3;8H,2-6H2,1H3;2*1-2H3. The van der Waals surface area contributed by atoms with Gasteiger partial charge in [-0.3, -0.25) is 9.59 Å². The highest BCUT2D eigenvalue weighted by molar-refractivity contribution is 5.78. The molecule has 2 fully saturated rings. The van der Waals surface area contributed by atoms with E-state index < -0.39 is 0 Å². The molecule has 2 aliphatic rings. The number of nitrogens with zero attached hydrogens (tertiary/aromatic N) is 1. The maximum Gasteiger partial charge on any atom is 0.133 e. The minimum absolute atomic E-state index is 0.358. The van der Waals surface area contributed by atoms with Crippen LogP contribution in [0.3, 0.4) is 0 Å². The summed E-state index contributed by atoms with van der Waals surface area (Å²) in [6.07, 6.45) is 8.29. The molecule has 1 aliphatic heterocycles. The van der Waals surface area contributed by atoms with Crippen LogP contribution in [-0.2, 0) is 9.59 Å². The molecule has 0 aromatic rings. The van der Waals surface area contributed by atoms with Gasteiger partial charge in [-0.2, -0.15) is 0 Å². The van der Waals surface area contributed by atoms with E-state index in [0.717, 1.165) is 38.8 Å². The Morgan fingerprint density at radius 2 is 1.04 bits per heavy atom. The summed E-state index contributed by atoms with van der Waals surface area (Å²) in [7, 11) is 2.11. The smallest absolute Gasteiger partial charge is 0.133 e. The normalized spacial score (nSPS) is 19.1. The van der Waals surface area contributed by atoms with Crippen molar-refractivity contribution in [1.29, 1.82) is 0 Å². The summed E-state index contributed by atoms with van der Waals surface area (Å²) in [5.41, 5.74) is 0. The largest absolute Gasteiger partial charge is 0.306 e. The van der Waals surface area contributed by atoms with Crippen molar-refractivity contribution in [2.75, 3.05) is 20.1 Å². The Bertz CT molecular complexity index is 288. The van der Waals surface area contributed by atoms with E-state index in [0.29, 0.717) is 23.4 Å². The van der Waals surface area contributed by atoms with Crippen molar-refractivity contribution in [2.45, 2.75) is 86.5 Å². The van der Waals surface area contributed by atoms with E-state index in [1.807, 2.05) is 27.7 Å². The Hall–Kier alpha value is -0.700. The number of piperidine rings is 1. The number of Topliss-reactive ketones (excluding diaryl/α,β-unsaturated/α-hetero) is 2. The van der Waals surface area contributed by atoms with Gasteiger partial charge in [-0.1, -0.05) is 47.0 Å². The van der Waals surface area contributed by atoms with E-state index in [1.165, 1.54) is 19.3 Å². The lowest BCUT2D eigenvalue weighted by Gasteiger charge is -2.26. The van der Waals surface area contributed by atoms with Crippen LogP contribution in [0.25, 0.3) is 0 Å². The highest BCUT2D eigenvalue weighted by Gasteiger charge is 2.19. The summed E-state index contributed by atoms with van der Waals surface area (Å²) in [6.45, 7) is 13.6. The molecule has 3 heteroatoms. The number of hydrogen-bond acceptors (Lipinski definition) is 3. The number of carbonyl (C=O) groups excluding carboxylic acids is 2. The average Bonchev–Trinajstić information content (AvgIpc) is 2.60. The van der Waals surface area contributed by atoms with Gasteiger partial charge in [-0.25, -0.2) is 0 Å². The maximum atomic E-state index is 10.9. The SMILES string of the molecule is CC.CC.CC(=O)C1CCCCC1.CC(=O)C1CCN(C)CC1. The molecule has 0 N–H and O–H groups in total. The molecule has 1 saturated heterocycles. The molecule has 1 heterocycles. The molecule has 0 spiro atoms. The van der Waals surface area contributed by atoms with Gasteiger partial charge >= 0.3 is 0 Å². The van der Waals surface area contributed by atoms with Crippen LogP contribution in [0, 0.1) is 11.8 Å². The van der Waals surface area contributed by atoms with Gasteiger partial charge < -0.3 is 4.90 Å². The molecule has 0 aromatic heterocycles. The molecule has 0 atom stereocenters. The summed E-state index contributed by atoms with van der Waals surface area (Å²) in [6, 6.07) is 0.